The van der Waals surface area contributed by atoms with Crippen molar-refractivity contribution < 1.29 is 9.90 Å². The molecule has 0 unspecified atom stereocenters. The minimum atomic E-state index is -0.112. The van der Waals surface area contributed by atoms with Gasteiger partial charge in [0.2, 0.25) is 5.91 Å². The molecular formula is C10H23N3O2. The molecule has 0 saturated heterocycles. The van der Waals surface area contributed by atoms with Gasteiger partial charge in [-0.05, 0) is 32.4 Å². The molecule has 0 aliphatic rings. The lowest BCUT2D eigenvalue weighted by atomic mass is 10.2. The lowest BCUT2D eigenvalue weighted by Gasteiger charge is -2.20. The van der Waals surface area contributed by atoms with Gasteiger partial charge in [-0.3, -0.25) is 10.2 Å². The molecule has 0 spiro atoms. The number of nitrogens with two attached hydrogens (primary N) is 1. The van der Waals surface area contributed by atoms with E-state index < -0.39 is 0 Å². The summed E-state index contributed by atoms with van der Waals surface area (Å²) in [6.45, 7) is 4.97. The number of rotatable bonds is 9. The molecule has 4 N–H and O–H groups in total. The third-order valence-corrected chi connectivity index (χ3v) is 2.25. The molecule has 15 heavy (non-hydrogen) atoms. The number of nitrogens with one attached hydrogen (secondary N) is 1. The molecule has 0 aromatic heterocycles. The fourth-order valence-corrected chi connectivity index (χ4v) is 1.49. The zero-order chi connectivity index (χ0) is 11.5. The maximum Gasteiger partial charge on any atom is 0.233 e. The lowest BCUT2D eigenvalue weighted by molar-refractivity contribution is -0.121. The second kappa shape index (κ2) is 9.89. The van der Waals surface area contributed by atoms with Crippen LogP contribution in [0.1, 0.15) is 32.6 Å². The first-order valence-corrected chi connectivity index (χ1v) is 5.57. The van der Waals surface area contributed by atoms with Crippen LogP contribution in [-0.2, 0) is 4.79 Å². The zero-order valence-corrected chi connectivity index (χ0v) is 9.54. The molecule has 0 rings (SSSR count). The Morgan fingerprint density at radius 1 is 1.33 bits per heavy atom. The van der Waals surface area contributed by atoms with Crippen molar-refractivity contribution in [3.8, 4) is 0 Å². The summed E-state index contributed by atoms with van der Waals surface area (Å²) in [7, 11) is 0. The number of unbranched alkanes of at least 4 members (excludes halogenated alkanes) is 1. The molecule has 1 amide bonds. The van der Waals surface area contributed by atoms with E-state index in [2.05, 4.69) is 17.2 Å². The molecule has 0 atom stereocenters. The summed E-state index contributed by atoms with van der Waals surface area (Å²) in [6, 6.07) is 0. The molecule has 0 aromatic rings. The van der Waals surface area contributed by atoms with Gasteiger partial charge in [-0.25, -0.2) is 5.84 Å². The SMILES string of the molecule is CCCN(CCO)CCCCC(=O)NN. The summed E-state index contributed by atoms with van der Waals surface area (Å²) in [6.07, 6.45) is 3.38. The van der Waals surface area contributed by atoms with Crippen LogP contribution in [0.3, 0.4) is 0 Å². The van der Waals surface area contributed by atoms with Gasteiger partial charge in [0, 0.05) is 13.0 Å². The molecule has 0 saturated carbocycles. The molecule has 0 bridgehead atoms. The Bertz CT molecular complexity index is 159. The Morgan fingerprint density at radius 3 is 2.60 bits per heavy atom. The molecule has 0 fully saturated rings. The van der Waals surface area contributed by atoms with Crippen molar-refractivity contribution in [2.24, 2.45) is 5.84 Å². The minimum Gasteiger partial charge on any atom is -0.395 e. The van der Waals surface area contributed by atoms with Crippen molar-refractivity contribution in [3.63, 3.8) is 0 Å². The van der Waals surface area contributed by atoms with Crippen LogP contribution >= 0.6 is 0 Å². The average Bonchev–Trinajstić information content (AvgIpc) is 2.24. The number of nitrogens with zero attached hydrogens (tertiary/aromatic N) is 1. The van der Waals surface area contributed by atoms with Crippen LogP contribution in [0, 0.1) is 0 Å². The summed E-state index contributed by atoms with van der Waals surface area (Å²) in [4.78, 5) is 13.0. The standard InChI is InChI=1S/C10H23N3O2/c1-2-6-13(8-9-14)7-4-3-5-10(15)12-11/h14H,2-9,11H2,1H3,(H,12,15). The first-order chi connectivity index (χ1) is 7.24. The van der Waals surface area contributed by atoms with E-state index >= 15 is 0 Å². The highest BCUT2D eigenvalue weighted by Crippen LogP contribution is 1.99. The maximum atomic E-state index is 10.8. The van der Waals surface area contributed by atoms with Crippen molar-refractivity contribution >= 4 is 5.91 Å². The molecule has 0 aliphatic heterocycles. The monoisotopic (exact) mass is 217 g/mol. The fraction of sp³-hybridized carbons (Fsp3) is 0.900. The van der Waals surface area contributed by atoms with Gasteiger partial charge in [-0.15, -0.1) is 0 Å². The molecule has 0 radical (unpaired) electrons. The van der Waals surface area contributed by atoms with Gasteiger partial charge in [0.25, 0.3) is 0 Å². The third-order valence-electron chi connectivity index (χ3n) is 2.25. The summed E-state index contributed by atoms with van der Waals surface area (Å²) < 4.78 is 0. The highest BCUT2D eigenvalue weighted by atomic mass is 16.3. The van der Waals surface area contributed by atoms with Crippen molar-refractivity contribution in [1.82, 2.24) is 10.3 Å². The Kier molecular flexibility index (Phi) is 9.46. The Hall–Kier alpha value is -0.650. The highest BCUT2D eigenvalue weighted by Gasteiger charge is 2.03. The molecule has 5 heteroatoms. The van der Waals surface area contributed by atoms with Crippen LogP contribution in [0.2, 0.25) is 0 Å². The normalized spacial score (nSPS) is 10.7. The quantitative estimate of drug-likeness (QED) is 0.217. The van der Waals surface area contributed by atoms with Gasteiger partial charge < -0.3 is 10.0 Å². The van der Waals surface area contributed by atoms with E-state index in [1.807, 2.05) is 0 Å². The van der Waals surface area contributed by atoms with Gasteiger partial charge >= 0.3 is 0 Å². The third kappa shape index (κ3) is 8.35. The van der Waals surface area contributed by atoms with Crippen LogP contribution in [0.4, 0.5) is 0 Å². The molecule has 90 valence electrons. The first-order valence-electron chi connectivity index (χ1n) is 5.57. The summed E-state index contributed by atoms with van der Waals surface area (Å²) in [5.41, 5.74) is 2.11. The van der Waals surface area contributed by atoms with Crippen molar-refractivity contribution in [1.29, 1.82) is 0 Å². The number of hydrogen-bond donors (Lipinski definition) is 3. The van der Waals surface area contributed by atoms with Crippen LogP contribution in [0.15, 0.2) is 0 Å². The van der Waals surface area contributed by atoms with E-state index in [-0.39, 0.29) is 12.5 Å². The minimum absolute atomic E-state index is 0.112. The number of carbonyl (C=O) groups is 1. The van der Waals surface area contributed by atoms with Gasteiger partial charge in [0.1, 0.15) is 0 Å². The van der Waals surface area contributed by atoms with Gasteiger partial charge in [-0.1, -0.05) is 6.92 Å². The predicted molar refractivity (Wildman–Crippen MR) is 60.0 cm³/mol. The summed E-state index contributed by atoms with van der Waals surface area (Å²) in [5, 5.41) is 8.82. The highest BCUT2D eigenvalue weighted by molar-refractivity contribution is 5.74. The smallest absolute Gasteiger partial charge is 0.233 e. The molecule has 0 aromatic carbocycles. The van der Waals surface area contributed by atoms with Gasteiger partial charge in [-0.2, -0.15) is 0 Å². The molecule has 5 nitrogen and oxygen atoms in total. The number of hydrazine groups is 1. The number of carbonyl (C=O) groups excluding carboxylic acids is 1. The average molecular weight is 217 g/mol. The predicted octanol–water partition coefficient (Wildman–Crippen LogP) is -0.149. The van der Waals surface area contributed by atoms with Crippen LogP contribution in [0.25, 0.3) is 0 Å². The van der Waals surface area contributed by atoms with E-state index in [9.17, 15) is 4.79 Å². The van der Waals surface area contributed by atoms with Crippen molar-refractivity contribution in [2.75, 3.05) is 26.2 Å². The Balaban J connectivity index is 3.48. The number of aliphatic hydroxyl groups is 1. The van der Waals surface area contributed by atoms with E-state index in [1.165, 1.54) is 0 Å². The van der Waals surface area contributed by atoms with E-state index in [4.69, 9.17) is 10.9 Å². The summed E-state index contributed by atoms with van der Waals surface area (Å²) in [5.74, 6) is 4.85. The Labute approximate surface area is 91.6 Å². The van der Waals surface area contributed by atoms with Crippen molar-refractivity contribution in [3.05, 3.63) is 0 Å². The molecule has 0 heterocycles. The second-order valence-corrected chi connectivity index (χ2v) is 3.59. The first kappa shape index (κ1) is 14.3. The second-order valence-electron chi connectivity index (χ2n) is 3.59. The Morgan fingerprint density at radius 2 is 2.07 bits per heavy atom. The van der Waals surface area contributed by atoms with E-state index in [1.54, 1.807) is 0 Å². The van der Waals surface area contributed by atoms with Crippen LogP contribution in [-0.4, -0.2) is 42.2 Å². The molecule has 0 aliphatic carbocycles. The van der Waals surface area contributed by atoms with Crippen molar-refractivity contribution in [2.45, 2.75) is 32.6 Å². The molecular weight excluding hydrogens is 194 g/mol. The fourth-order valence-electron chi connectivity index (χ4n) is 1.49. The van der Waals surface area contributed by atoms with E-state index in [0.29, 0.717) is 6.42 Å². The zero-order valence-electron chi connectivity index (χ0n) is 9.54. The van der Waals surface area contributed by atoms with Gasteiger partial charge in [0.05, 0.1) is 6.61 Å². The van der Waals surface area contributed by atoms with Gasteiger partial charge in [0.15, 0.2) is 0 Å². The largest absolute Gasteiger partial charge is 0.395 e. The van der Waals surface area contributed by atoms with Crippen LogP contribution in [0.5, 0.6) is 0 Å². The number of aliphatic hydroxyl groups excluding tert-OH is 1. The maximum absolute atomic E-state index is 10.8. The summed E-state index contributed by atoms with van der Waals surface area (Å²) >= 11 is 0. The lowest BCUT2D eigenvalue weighted by Crippen LogP contribution is -2.31. The van der Waals surface area contributed by atoms with E-state index in [0.717, 1.165) is 38.9 Å². The topological polar surface area (TPSA) is 78.6 Å². The number of hydrogen-bond acceptors (Lipinski definition) is 4. The number of amides is 1. The van der Waals surface area contributed by atoms with Crippen LogP contribution < -0.4 is 11.3 Å².